The van der Waals surface area contributed by atoms with Gasteiger partial charge >= 0.3 is 0 Å². The number of hydrogen-bond acceptors (Lipinski definition) is 4. The predicted molar refractivity (Wildman–Crippen MR) is 70.9 cm³/mol. The highest BCUT2D eigenvalue weighted by Crippen LogP contribution is 2.25. The zero-order valence-electron chi connectivity index (χ0n) is 10.4. The number of aliphatic hydroxyl groups excluding tert-OH is 1. The fraction of sp³-hybridized carbons (Fsp3) is 0.667. The Morgan fingerprint density at radius 2 is 2.28 bits per heavy atom. The van der Waals surface area contributed by atoms with Crippen molar-refractivity contribution < 1.29 is 5.11 Å². The number of halogens is 1. The van der Waals surface area contributed by atoms with Crippen LogP contribution in [0.4, 0.5) is 5.69 Å². The average molecular weight is 272 g/mol. The molecule has 1 heterocycles. The van der Waals surface area contributed by atoms with Gasteiger partial charge in [0.25, 0.3) is 5.56 Å². The molecule has 0 saturated heterocycles. The Hall–Kier alpha value is -1.07. The quantitative estimate of drug-likeness (QED) is 0.872. The summed E-state index contributed by atoms with van der Waals surface area (Å²) in [5, 5.41) is 17.0. The van der Waals surface area contributed by atoms with Gasteiger partial charge in [-0.1, -0.05) is 24.4 Å². The van der Waals surface area contributed by atoms with E-state index in [1.807, 2.05) is 0 Å². The van der Waals surface area contributed by atoms with Crippen molar-refractivity contribution >= 4 is 17.3 Å². The second kappa shape index (κ2) is 5.71. The van der Waals surface area contributed by atoms with Crippen LogP contribution in [0.15, 0.2) is 11.0 Å². The monoisotopic (exact) mass is 271 g/mol. The van der Waals surface area contributed by atoms with Crippen LogP contribution in [0.3, 0.4) is 0 Å². The highest BCUT2D eigenvalue weighted by Gasteiger charge is 2.23. The van der Waals surface area contributed by atoms with E-state index in [0.29, 0.717) is 12.2 Å². The second-order valence-corrected chi connectivity index (χ2v) is 5.17. The van der Waals surface area contributed by atoms with Gasteiger partial charge in [-0.2, -0.15) is 5.10 Å². The van der Waals surface area contributed by atoms with Crippen LogP contribution in [0.5, 0.6) is 0 Å². The highest BCUT2D eigenvalue weighted by atomic mass is 35.5. The standard InChI is InChI=1S/C12H18ClN3O2/c1-16-12(18)11(13)9(7-15-16)14-6-8-4-2-3-5-10(8)17/h7-8,10,14,17H,2-6H2,1H3. The van der Waals surface area contributed by atoms with E-state index in [1.165, 1.54) is 4.68 Å². The lowest BCUT2D eigenvalue weighted by molar-refractivity contribution is 0.0763. The summed E-state index contributed by atoms with van der Waals surface area (Å²) in [5.74, 6) is 0.221. The van der Waals surface area contributed by atoms with Crippen LogP contribution < -0.4 is 10.9 Å². The lowest BCUT2D eigenvalue weighted by Gasteiger charge is -2.28. The van der Waals surface area contributed by atoms with Crippen LogP contribution in [-0.2, 0) is 7.05 Å². The smallest absolute Gasteiger partial charge is 0.287 e. The molecule has 18 heavy (non-hydrogen) atoms. The summed E-state index contributed by atoms with van der Waals surface area (Å²) in [6, 6.07) is 0. The summed E-state index contributed by atoms with van der Waals surface area (Å²) in [4.78, 5) is 11.6. The van der Waals surface area contributed by atoms with Gasteiger partial charge in [-0.05, 0) is 12.8 Å². The Kier molecular flexibility index (Phi) is 4.24. The first-order valence-electron chi connectivity index (χ1n) is 6.23. The van der Waals surface area contributed by atoms with Gasteiger partial charge in [-0.25, -0.2) is 4.68 Å². The van der Waals surface area contributed by atoms with E-state index in [2.05, 4.69) is 10.4 Å². The summed E-state index contributed by atoms with van der Waals surface area (Å²) in [7, 11) is 1.56. The van der Waals surface area contributed by atoms with Gasteiger partial charge in [0.05, 0.1) is 18.0 Å². The Bertz CT molecular complexity index is 475. The molecule has 0 amide bonds. The number of anilines is 1. The van der Waals surface area contributed by atoms with Crippen molar-refractivity contribution in [2.75, 3.05) is 11.9 Å². The molecule has 1 saturated carbocycles. The minimum atomic E-state index is -0.314. The molecule has 2 rings (SSSR count). The minimum absolute atomic E-state index is 0.151. The van der Waals surface area contributed by atoms with Gasteiger partial charge in [0.1, 0.15) is 5.02 Å². The predicted octanol–water partition coefficient (Wildman–Crippen LogP) is 1.40. The average Bonchev–Trinajstić information content (AvgIpc) is 2.37. The minimum Gasteiger partial charge on any atom is -0.393 e. The second-order valence-electron chi connectivity index (χ2n) is 4.79. The lowest BCUT2D eigenvalue weighted by atomic mass is 9.86. The summed E-state index contributed by atoms with van der Waals surface area (Å²) in [6.07, 6.45) is 5.37. The van der Waals surface area contributed by atoms with Crippen molar-refractivity contribution in [1.29, 1.82) is 0 Å². The van der Waals surface area contributed by atoms with Gasteiger partial charge in [-0.3, -0.25) is 4.79 Å². The number of nitrogens with one attached hydrogen (secondary N) is 1. The van der Waals surface area contributed by atoms with Gasteiger partial charge in [0, 0.05) is 19.5 Å². The zero-order valence-corrected chi connectivity index (χ0v) is 11.2. The van der Waals surface area contributed by atoms with E-state index < -0.39 is 0 Å². The molecule has 100 valence electrons. The molecule has 0 bridgehead atoms. The maximum Gasteiger partial charge on any atom is 0.287 e. The topological polar surface area (TPSA) is 67.2 Å². The van der Waals surface area contributed by atoms with Crippen molar-refractivity contribution in [3.63, 3.8) is 0 Å². The van der Waals surface area contributed by atoms with E-state index >= 15 is 0 Å². The normalized spacial score (nSPS) is 23.9. The fourth-order valence-electron chi connectivity index (χ4n) is 2.30. The molecule has 0 aliphatic heterocycles. The molecule has 6 heteroatoms. The van der Waals surface area contributed by atoms with Crippen LogP contribution in [0.1, 0.15) is 25.7 Å². The first-order chi connectivity index (χ1) is 8.59. The fourth-order valence-corrected chi connectivity index (χ4v) is 2.54. The summed E-state index contributed by atoms with van der Waals surface area (Å²) < 4.78 is 1.20. The summed E-state index contributed by atoms with van der Waals surface area (Å²) in [5.41, 5.74) is 0.225. The number of nitrogens with zero attached hydrogens (tertiary/aromatic N) is 2. The largest absolute Gasteiger partial charge is 0.393 e. The first-order valence-corrected chi connectivity index (χ1v) is 6.61. The van der Waals surface area contributed by atoms with Crippen LogP contribution in [0.25, 0.3) is 0 Å². The molecule has 2 atom stereocenters. The van der Waals surface area contributed by atoms with Crippen molar-refractivity contribution in [3.05, 3.63) is 21.6 Å². The van der Waals surface area contributed by atoms with Crippen LogP contribution in [0.2, 0.25) is 5.02 Å². The van der Waals surface area contributed by atoms with E-state index in [-0.39, 0.29) is 22.6 Å². The molecular formula is C12H18ClN3O2. The molecule has 2 unspecified atom stereocenters. The molecule has 1 fully saturated rings. The Morgan fingerprint density at radius 3 is 3.00 bits per heavy atom. The van der Waals surface area contributed by atoms with Gasteiger partial charge in [0.15, 0.2) is 0 Å². The van der Waals surface area contributed by atoms with Gasteiger partial charge in [-0.15, -0.1) is 0 Å². The van der Waals surface area contributed by atoms with Crippen LogP contribution in [0, 0.1) is 5.92 Å². The molecule has 0 spiro atoms. The summed E-state index contributed by atoms with van der Waals surface area (Å²) in [6.45, 7) is 0.621. The number of hydrogen-bond donors (Lipinski definition) is 2. The van der Waals surface area contributed by atoms with Crippen molar-refractivity contribution in [2.24, 2.45) is 13.0 Å². The molecule has 1 aromatic heterocycles. The molecule has 1 aliphatic carbocycles. The molecule has 0 aromatic carbocycles. The third-order valence-corrected chi connectivity index (χ3v) is 3.87. The summed E-state index contributed by atoms with van der Waals surface area (Å²) >= 11 is 5.95. The van der Waals surface area contributed by atoms with Gasteiger partial charge in [0.2, 0.25) is 0 Å². The Labute approximate surface area is 111 Å². The SMILES string of the molecule is Cn1ncc(NCC2CCCCC2O)c(Cl)c1=O. The zero-order chi connectivity index (χ0) is 13.1. The number of rotatable bonds is 3. The first kappa shape index (κ1) is 13.4. The van der Waals surface area contributed by atoms with Crippen molar-refractivity contribution in [3.8, 4) is 0 Å². The number of aryl methyl sites for hydroxylation is 1. The highest BCUT2D eigenvalue weighted by molar-refractivity contribution is 6.32. The molecule has 1 aliphatic rings. The molecular weight excluding hydrogens is 254 g/mol. The van der Waals surface area contributed by atoms with Crippen LogP contribution in [-0.4, -0.2) is 27.5 Å². The maximum atomic E-state index is 11.6. The Morgan fingerprint density at radius 1 is 1.56 bits per heavy atom. The van der Waals surface area contributed by atoms with E-state index in [9.17, 15) is 9.90 Å². The number of aromatic nitrogens is 2. The van der Waals surface area contributed by atoms with E-state index in [1.54, 1.807) is 13.2 Å². The lowest BCUT2D eigenvalue weighted by Crippen LogP contribution is -2.31. The van der Waals surface area contributed by atoms with Crippen molar-refractivity contribution in [1.82, 2.24) is 9.78 Å². The van der Waals surface area contributed by atoms with Crippen LogP contribution >= 0.6 is 11.6 Å². The molecule has 2 N–H and O–H groups in total. The Balaban J connectivity index is 2.02. The molecule has 1 aromatic rings. The van der Waals surface area contributed by atoms with E-state index in [0.717, 1.165) is 25.7 Å². The molecule has 0 radical (unpaired) electrons. The maximum absolute atomic E-state index is 11.6. The van der Waals surface area contributed by atoms with Gasteiger partial charge < -0.3 is 10.4 Å². The number of aliphatic hydroxyl groups is 1. The van der Waals surface area contributed by atoms with Crippen molar-refractivity contribution in [2.45, 2.75) is 31.8 Å². The third-order valence-electron chi connectivity index (χ3n) is 3.50. The van der Waals surface area contributed by atoms with E-state index in [4.69, 9.17) is 11.6 Å². The molecule has 5 nitrogen and oxygen atoms in total. The third kappa shape index (κ3) is 2.84.